The molecule has 1 aromatic rings. The Kier molecular flexibility index (Phi) is 5.33. The summed E-state index contributed by atoms with van der Waals surface area (Å²) < 4.78 is 5.70. The molecule has 0 radical (unpaired) electrons. The summed E-state index contributed by atoms with van der Waals surface area (Å²) in [6, 6.07) is 10.6. The molecule has 0 bridgehead atoms. The number of likely N-dealkylation sites (tertiary alicyclic amines) is 1. The first-order valence-electron chi connectivity index (χ1n) is 6.79. The van der Waals surface area contributed by atoms with Crippen LogP contribution in [0.1, 0.15) is 19.8 Å². The van der Waals surface area contributed by atoms with Crippen molar-refractivity contribution in [3.05, 3.63) is 30.3 Å². The van der Waals surface area contributed by atoms with Crippen molar-refractivity contribution < 1.29 is 4.74 Å². The van der Waals surface area contributed by atoms with Gasteiger partial charge in [0.05, 0.1) is 6.61 Å². The minimum absolute atomic E-state index is 0.559. The van der Waals surface area contributed by atoms with E-state index in [4.69, 9.17) is 16.3 Å². The molecule has 0 saturated carbocycles. The summed E-state index contributed by atoms with van der Waals surface area (Å²) in [6.07, 6.45) is 2.34. The number of hydrogen-bond acceptors (Lipinski definition) is 2. The fraction of sp³-hybridized carbons (Fsp3) is 0.600. The number of ether oxygens (including phenoxy) is 1. The first-order valence-corrected chi connectivity index (χ1v) is 7.32. The molecule has 0 N–H and O–H groups in total. The first kappa shape index (κ1) is 13.7. The minimum atomic E-state index is 0.559. The topological polar surface area (TPSA) is 12.5 Å². The Hall–Kier alpha value is -0.730. The summed E-state index contributed by atoms with van der Waals surface area (Å²) in [7, 11) is 0. The number of halogens is 1. The summed E-state index contributed by atoms with van der Waals surface area (Å²) in [5.41, 5.74) is 0. The monoisotopic (exact) mass is 267 g/mol. The smallest absolute Gasteiger partial charge is 0.119 e. The summed E-state index contributed by atoms with van der Waals surface area (Å²) in [4.78, 5) is 2.51. The van der Waals surface area contributed by atoms with Gasteiger partial charge in [0.15, 0.2) is 0 Å². The molecule has 1 aliphatic heterocycles. The van der Waals surface area contributed by atoms with E-state index in [-0.39, 0.29) is 0 Å². The maximum atomic E-state index is 6.03. The summed E-state index contributed by atoms with van der Waals surface area (Å²) in [5.74, 6) is 2.44. The van der Waals surface area contributed by atoms with Crippen LogP contribution in [0, 0.1) is 5.92 Å². The molecule has 3 heteroatoms. The van der Waals surface area contributed by atoms with Crippen LogP contribution in [0.25, 0.3) is 0 Å². The number of benzene rings is 1. The van der Waals surface area contributed by atoms with Gasteiger partial charge in [0.1, 0.15) is 5.75 Å². The first-order chi connectivity index (χ1) is 8.81. The van der Waals surface area contributed by atoms with Crippen LogP contribution >= 0.6 is 11.6 Å². The van der Waals surface area contributed by atoms with E-state index < -0.39 is 0 Å². The van der Waals surface area contributed by atoms with E-state index in [1.165, 1.54) is 13.0 Å². The van der Waals surface area contributed by atoms with Gasteiger partial charge < -0.3 is 4.74 Å². The van der Waals surface area contributed by atoms with E-state index in [9.17, 15) is 0 Å². The number of alkyl halides is 1. The van der Waals surface area contributed by atoms with Gasteiger partial charge in [-0.3, -0.25) is 4.90 Å². The Balaban J connectivity index is 1.67. The van der Waals surface area contributed by atoms with Crippen molar-refractivity contribution in [2.45, 2.75) is 25.8 Å². The standard InChI is InChI=1S/C15H22ClNO/c1-13-8-10-17(15(13)12-16)9-5-11-18-14-6-3-2-4-7-14/h2-4,6-7,13,15H,5,8-12H2,1H3. The molecule has 2 rings (SSSR count). The van der Waals surface area contributed by atoms with Gasteiger partial charge in [0, 0.05) is 18.5 Å². The average molecular weight is 268 g/mol. The molecule has 2 unspecified atom stereocenters. The number of para-hydroxylation sites is 1. The predicted molar refractivity (Wildman–Crippen MR) is 76.4 cm³/mol. The van der Waals surface area contributed by atoms with Gasteiger partial charge in [-0.05, 0) is 37.4 Å². The normalized spacial score (nSPS) is 24.3. The molecule has 0 amide bonds. The van der Waals surface area contributed by atoms with E-state index in [2.05, 4.69) is 11.8 Å². The van der Waals surface area contributed by atoms with Gasteiger partial charge >= 0.3 is 0 Å². The highest BCUT2D eigenvalue weighted by Crippen LogP contribution is 2.24. The second-order valence-corrected chi connectivity index (χ2v) is 5.35. The second kappa shape index (κ2) is 7.01. The lowest BCUT2D eigenvalue weighted by Gasteiger charge is -2.24. The molecule has 1 heterocycles. The van der Waals surface area contributed by atoms with Crippen LogP contribution in [0.15, 0.2) is 30.3 Å². The molecular formula is C15H22ClNO. The number of hydrogen-bond donors (Lipinski definition) is 0. The van der Waals surface area contributed by atoms with Crippen LogP contribution < -0.4 is 4.74 Å². The molecule has 2 nitrogen and oxygen atoms in total. The lowest BCUT2D eigenvalue weighted by Crippen LogP contribution is -2.34. The van der Waals surface area contributed by atoms with Crippen LogP contribution in [0.5, 0.6) is 5.75 Å². The lowest BCUT2D eigenvalue weighted by atomic mass is 10.1. The van der Waals surface area contributed by atoms with Crippen LogP contribution in [0.4, 0.5) is 0 Å². The molecule has 0 spiro atoms. The van der Waals surface area contributed by atoms with Gasteiger partial charge in [-0.2, -0.15) is 0 Å². The van der Waals surface area contributed by atoms with Crippen molar-refractivity contribution in [1.29, 1.82) is 0 Å². The molecule has 1 aromatic carbocycles. The van der Waals surface area contributed by atoms with Crippen LogP contribution in [-0.4, -0.2) is 36.5 Å². The highest BCUT2D eigenvalue weighted by molar-refractivity contribution is 6.18. The van der Waals surface area contributed by atoms with Crippen molar-refractivity contribution in [3.63, 3.8) is 0 Å². The van der Waals surface area contributed by atoms with Gasteiger partial charge in [-0.25, -0.2) is 0 Å². The van der Waals surface area contributed by atoms with Crippen molar-refractivity contribution in [2.75, 3.05) is 25.6 Å². The summed E-state index contributed by atoms with van der Waals surface area (Å²) in [5, 5.41) is 0. The summed E-state index contributed by atoms with van der Waals surface area (Å²) >= 11 is 6.03. The molecule has 1 aliphatic rings. The Morgan fingerprint density at radius 3 is 2.83 bits per heavy atom. The molecule has 2 atom stereocenters. The lowest BCUT2D eigenvalue weighted by molar-refractivity contribution is 0.219. The van der Waals surface area contributed by atoms with Gasteiger partial charge in [-0.15, -0.1) is 11.6 Å². The predicted octanol–water partition coefficient (Wildman–Crippen LogP) is 3.40. The molecule has 1 saturated heterocycles. The zero-order valence-electron chi connectivity index (χ0n) is 11.0. The molecular weight excluding hydrogens is 246 g/mol. The molecule has 100 valence electrons. The van der Waals surface area contributed by atoms with E-state index in [0.29, 0.717) is 6.04 Å². The quantitative estimate of drug-likeness (QED) is 0.579. The van der Waals surface area contributed by atoms with E-state index in [1.54, 1.807) is 0 Å². The fourth-order valence-corrected chi connectivity index (χ4v) is 3.09. The molecule has 0 aromatic heterocycles. The average Bonchev–Trinajstić information content (AvgIpc) is 2.76. The third kappa shape index (κ3) is 3.63. The maximum absolute atomic E-state index is 6.03. The van der Waals surface area contributed by atoms with Gasteiger partial charge in [0.2, 0.25) is 0 Å². The SMILES string of the molecule is CC1CCN(CCCOc2ccccc2)C1CCl. The molecule has 1 fully saturated rings. The van der Waals surface area contributed by atoms with Crippen LogP contribution in [-0.2, 0) is 0 Å². The van der Waals surface area contributed by atoms with Crippen molar-refractivity contribution in [3.8, 4) is 5.75 Å². The zero-order valence-corrected chi connectivity index (χ0v) is 11.8. The van der Waals surface area contributed by atoms with E-state index >= 15 is 0 Å². The van der Waals surface area contributed by atoms with Crippen LogP contribution in [0.2, 0.25) is 0 Å². The molecule has 0 aliphatic carbocycles. The Morgan fingerprint density at radius 1 is 1.33 bits per heavy atom. The highest BCUT2D eigenvalue weighted by atomic mass is 35.5. The Bertz CT molecular complexity index is 344. The van der Waals surface area contributed by atoms with Crippen molar-refractivity contribution in [2.24, 2.45) is 5.92 Å². The summed E-state index contributed by atoms with van der Waals surface area (Å²) in [6.45, 7) is 5.36. The molecule has 18 heavy (non-hydrogen) atoms. The minimum Gasteiger partial charge on any atom is -0.494 e. The number of rotatable bonds is 6. The zero-order chi connectivity index (χ0) is 12.8. The van der Waals surface area contributed by atoms with Crippen molar-refractivity contribution in [1.82, 2.24) is 4.90 Å². The third-order valence-corrected chi connectivity index (χ3v) is 4.07. The fourth-order valence-electron chi connectivity index (χ4n) is 2.59. The van der Waals surface area contributed by atoms with Crippen LogP contribution in [0.3, 0.4) is 0 Å². The number of nitrogens with zero attached hydrogens (tertiary/aromatic N) is 1. The Morgan fingerprint density at radius 2 is 2.11 bits per heavy atom. The second-order valence-electron chi connectivity index (χ2n) is 5.04. The highest BCUT2D eigenvalue weighted by Gasteiger charge is 2.29. The Labute approximate surface area is 115 Å². The van der Waals surface area contributed by atoms with Crippen molar-refractivity contribution >= 4 is 11.6 Å². The maximum Gasteiger partial charge on any atom is 0.119 e. The van der Waals surface area contributed by atoms with Gasteiger partial charge in [-0.1, -0.05) is 25.1 Å². The largest absolute Gasteiger partial charge is 0.494 e. The van der Waals surface area contributed by atoms with E-state index in [1.807, 2.05) is 30.3 Å². The third-order valence-electron chi connectivity index (χ3n) is 3.76. The van der Waals surface area contributed by atoms with Gasteiger partial charge in [0.25, 0.3) is 0 Å². The van der Waals surface area contributed by atoms with E-state index in [0.717, 1.165) is 37.1 Å².